The summed E-state index contributed by atoms with van der Waals surface area (Å²) in [7, 11) is 0. The van der Waals surface area contributed by atoms with Gasteiger partial charge < -0.3 is 19.6 Å². The van der Waals surface area contributed by atoms with E-state index in [9.17, 15) is 9.90 Å². The topological polar surface area (TPSA) is 71.7 Å². The van der Waals surface area contributed by atoms with Gasteiger partial charge in [0.2, 0.25) is 0 Å². The summed E-state index contributed by atoms with van der Waals surface area (Å²) in [5, 5.41) is 13.3. The summed E-state index contributed by atoms with van der Waals surface area (Å²) in [4.78, 5) is 11.4. The zero-order valence-corrected chi connectivity index (χ0v) is 11.1. The Hall–Kier alpha value is -1.85. The van der Waals surface area contributed by atoms with Crippen molar-refractivity contribution >= 4 is 16.9 Å². The predicted octanol–water partition coefficient (Wildman–Crippen LogP) is 2.40. The van der Waals surface area contributed by atoms with E-state index in [-0.39, 0.29) is 11.6 Å². The number of aromatic carboxylic acids is 1. The van der Waals surface area contributed by atoms with Crippen LogP contribution in [-0.2, 0) is 11.3 Å². The highest BCUT2D eigenvalue weighted by molar-refractivity contribution is 6.03. The number of hydrogen-bond donors (Lipinski definition) is 2. The summed E-state index contributed by atoms with van der Waals surface area (Å²) in [6.45, 7) is 1.89. The van der Waals surface area contributed by atoms with Crippen LogP contribution < -0.4 is 5.32 Å². The average Bonchev–Trinajstić information content (AvgIpc) is 2.84. The summed E-state index contributed by atoms with van der Waals surface area (Å²) in [6, 6.07) is 7.48. The van der Waals surface area contributed by atoms with Gasteiger partial charge >= 0.3 is 5.97 Å². The van der Waals surface area contributed by atoms with Gasteiger partial charge in [0.1, 0.15) is 16.9 Å². The molecular formula is C15H17NO4. The number of carboxylic acid groups (broad SMARTS) is 1. The largest absolute Gasteiger partial charge is 0.478 e. The number of ether oxygens (including phenoxy) is 1. The lowest BCUT2D eigenvalue weighted by molar-refractivity contribution is 0.0679. The maximum Gasteiger partial charge on any atom is 0.339 e. The molecule has 106 valence electrons. The zero-order valence-electron chi connectivity index (χ0n) is 11.1. The fourth-order valence-corrected chi connectivity index (χ4v) is 2.59. The Balaban J connectivity index is 1.82. The molecule has 2 aromatic rings. The number of hydrogen-bond acceptors (Lipinski definition) is 4. The molecule has 0 saturated carbocycles. The molecule has 1 aromatic carbocycles. The number of nitrogens with one attached hydrogen (secondary N) is 1. The van der Waals surface area contributed by atoms with Crippen LogP contribution in [0.25, 0.3) is 11.0 Å². The molecule has 2 heterocycles. The number of carbonyl (C=O) groups is 1. The van der Waals surface area contributed by atoms with Gasteiger partial charge in [-0.05, 0) is 18.9 Å². The monoisotopic (exact) mass is 275 g/mol. The van der Waals surface area contributed by atoms with Crippen molar-refractivity contribution in [3.8, 4) is 0 Å². The van der Waals surface area contributed by atoms with E-state index in [0.29, 0.717) is 29.9 Å². The second-order valence-electron chi connectivity index (χ2n) is 5.00. The summed E-state index contributed by atoms with van der Waals surface area (Å²) >= 11 is 0. The molecule has 1 aromatic heterocycles. The highest BCUT2D eigenvalue weighted by Crippen LogP contribution is 2.26. The van der Waals surface area contributed by atoms with Crippen molar-refractivity contribution in [2.45, 2.75) is 25.4 Å². The molecule has 0 aliphatic carbocycles. The van der Waals surface area contributed by atoms with Crippen molar-refractivity contribution in [1.82, 2.24) is 5.32 Å². The van der Waals surface area contributed by atoms with Gasteiger partial charge in [0.05, 0.1) is 13.2 Å². The summed E-state index contributed by atoms with van der Waals surface area (Å²) < 4.78 is 11.1. The standard InChI is InChI=1S/C15H17NO4/c17-15(18)14-11-5-1-2-6-12(11)20-13(14)8-16-10-4-3-7-19-9-10/h1-2,5-6,10,16H,3-4,7-9H2,(H,17,18). The number of benzene rings is 1. The average molecular weight is 275 g/mol. The molecule has 2 N–H and O–H groups in total. The van der Waals surface area contributed by atoms with E-state index < -0.39 is 5.97 Å². The first kappa shape index (κ1) is 13.1. The quantitative estimate of drug-likeness (QED) is 0.896. The van der Waals surface area contributed by atoms with Crippen molar-refractivity contribution in [3.63, 3.8) is 0 Å². The van der Waals surface area contributed by atoms with E-state index in [4.69, 9.17) is 9.15 Å². The van der Waals surface area contributed by atoms with Crippen molar-refractivity contribution < 1.29 is 19.1 Å². The van der Waals surface area contributed by atoms with E-state index in [1.165, 1.54) is 0 Å². The van der Waals surface area contributed by atoms with Gasteiger partial charge in [-0.25, -0.2) is 4.79 Å². The molecule has 1 saturated heterocycles. The first-order chi connectivity index (χ1) is 9.75. The Morgan fingerprint density at radius 3 is 3.00 bits per heavy atom. The zero-order chi connectivity index (χ0) is 13.9. The molecule has 0 bridgehead atoms. The molecule has 5 nitrogen and oxygen atoms in total. The van der Waals surface area contributed by atoms with Crippen LogP contribution in [0.2, 0.25) is 0 Å². The summed E-state index contributed by atoms with van der Waals surface area (Å²) in [6.07, 6.45) is 2.08. The van der Waals surface area contributed by atoms with Crippen LogP contribution in [0.15, 0.2) is 28.7 Å². The van der Waals surface area contributed by atoms with Crippen molar-refractivity contribution in [1.29, 1.82) is 0 Å². The van der Waals surface area contributed by atoms with Crippen molar-refractivity contribution in [2.24, 2.45) is 0 Å². The molecule has 5 heteroatoms. The van der Waals surface area contributed by atoms with Gasteiger partial charge in [0, 0.05) is 18.0 Å². The van der Waals surface area contributed by atoms with E-state index >= 15 is 0 Å². The normalized spacial score (nSPS) is 19.3. The smallest absolute Gasteiger partial charge is 0.339 e. The maximum absolute atomic E-state index is 11.4. The molecule has 0 radical (unpaired) electrons. The number of furan rings is 1. The van der Waals surface area contributed by atoms with E-state index in [2.05, 4.69) is 5.32 Å². The minimum Gasteiger partial charge on any atom is -0.478 e. The molecule has 3 rings (SSSR count). The van der Waals surface area contributed by atoms with Crippen LogP contribution in [0.4, 0.5) is 0 Å². The Labute approximate surface area is 116 Å². The van der Waals surface area contributed by atoms with Crippen LogP contribution in [0.5, 0.6) is 0 Å². The highest BCUT2D eigenvalue weighted by atomic mass is 16.5. The molecule has 1 atom stereocenters. The van der Waals surface area contributed by atoms with Crippen LogP contribution in [0.1, 0.15) is 29.0 Å². The minimum absolute atomic E-state index is 0.254. The molecule has 1 aliphatic rings. The van der Waals surface area contributed by atoms with Crippen LogP contribution in [0.3, 0.4) is 0 Å². The summed E-state index contributed by atoms with van der Waals surface area (Å²) in [5.41, 5.74) is 0.867. The Bertz CT molecular complexity index is 613. The van der Waals surface area contributed by atoms with Crippen LogP contribution in [0, 0.1) is 0 Å². The fourth-order valence-electron chi connectivity index (χ4n) is 2.59. The SMILES string of the molecule is O=C(O)c1c(CNC2CCCOC2)oc2ccccc12. The first-order valence-electron chi connectivity index (χ1n) is 6.80. The molecule has 1 fully saturated rings. The lowest BCUT2D eigenvalue weighted by atomic mass is 10.1. The van der Waals surface area contributed by atoms with Gasteiger partial charge in [-0.2, -0.15) is 0 Å². The van der Waals surface area contributed by atoms with Gasteiger partial charge in [0.25, 0.3) is 0 Å². The molecule has 1 unspecified atom stereocenters. The van der Waals surface area contributed by atoms with Gasteiger partial charge in [0.15, 0.2) is 0 Å². The van der Waals surface area contributed by atoms with E-state index in [1.54, 1.807) is 12.1 Å². The van der Waals surface area contributed by atoms with E-state index in [1.807, 2.05) is 12.1 Å². The maximum atomic E-state index is 11.4. The molecule has 0 amide bonds. The van der Waals surface area contributed by atoms with Gasteiger partial charge in [-0.3, -0.25) is 0 Å². The Morgan fingerprint density at radius 1 is 1.40 bits per heavy atom. The third-order valence-electron chi connectivity index (χ3n) is 3.59. The number of carboxylic acids is 1. The van der Waals surface area contributed by atoms with Gasteiger partial charge in [-0.15, -0.1) is 0 Å². The second-order valence-corrected chi connectivity index (χ2v) is 5.00. The highest BCUT2D eigenvalue weighted by Gasteiger charge is 2.21. The predicted molar refractivity (Wildman–Crippen MR) is 73.9 cm³/mol. The van der Waals surface area contributed by atoms with Crippen molar-refractivity contribution in [2.75, 3.05) is 13.2 Å². The lowest BCUT2D eigenvalue weighted by Gasteiger charge is -2.22. The second kappa shape index (κ2) is 5.64. The van der Waals surface area contributed by atoms with E-state index in [0.717, 1.165) is 19.4 Å². The third kappa shape index (κ3) is 2.55. The van der Waals surface area contributed by atoms with Gasteiger partial charge in [-0.1, -0.05) is 18.2 Å². The molecule has 0 spiro atoms. The minimum atomic E-state index is -0.952. The van der Waals surface area contributed by atoms with Crippen LogP contribution in [-0.4, -0.2) is 30.3 Å². The fraction of sp³-hybridized carbons (Fsp3) is 0.400. The molecule has 1 aliphatic heterocycles. The first-order valence-corrected chi connectivity index (χ1v) is 6.80. The molecule has 20 heavy (non-hydrogen) atoms. The number of para-hydroxylation sites is 1. The Morgan fingerprint density at radius 2 is 2.25 bits per heavy atom. The number of fused-ring (bicyclic) bond motifs is 1. The van der Waals surface area contributed by atoms with Crippen LogP contribution >= 0.6 is 0 Å². The number of rotatable bonds is 4. The van der Waals surface area contributed by atoms with Crippen molar-refractivity contribution in [3.05, 3.63) is 35.6 Å². The third-order valence-corrected chi connectivity index (χ3v) is 3.59. The lowest BCUT2D eigenvalue weighted by Crippen LogP contribution is -2.36. The molecular weight excluding hydrogens is 258 g/mol. The Kier molecular flexibility index (Phi) is 3.71. The summed E-state index contributed by atoms with van der Waals surface area (Å²) in [5.74, 6) is -0.476.